The molecule has 0 fully saturated rings. The third-order valence-electron chi connectivity index (χ3n) is 2.07. The van der Waals surface area contributed by atoms with Gasteiger partial charge in [0.2, 0.25) is 0 Å². The predicted octanol–water partition coefficient (Wildman–Crippen LogP) is 2.69. The van der Waals surface area contributed by atoms with E-state index in [4.69, 9.17) is 4.74 Å². The molecule has 0 saturated carbocycles. The molecule has 1 atom stereocenters. The summed E-state index contributed by atoms with van der Waals surface area (Å²) in [6.45, 7) is 2.39. The van der Waals surface area contributed by atoms with E-state index in [1.54, 1.807) is 13.2 Å². The first-order valence-electron chi connectivity index (χ1n) is 4.78. The normalized spacial score (nSPS) is 12.2. The number of ether oxygens (including phenoxy) is 1. The van der Waals surface area contributed by atoms with Gasteiger partial charge in [0, 0.05) is 16.7 Å². The van der Waals surface area contributed by atoms with Crippen LogP contribution >= 0.6 is 22.6 Å². The van der Waals surface area contributed by atoms with E-state index in [2.05, 4.69) is 27.9 Å². The lowest BCUT2D eigenvalue weighted by Gasteiger charge is -2.17. The molecule has 1 aromatic rings. The van der Waals surface area contributed by atoms with Crippen molar-refractivity contribution in [1.82, 2.24) is 0 Å². The van der Waals surface area contributed by atoms with Gasteiger partial charge in [0.05, 0.1) is 17.9 Å². The fraction of sp³-hybridized carbons (Fsp3) is 0.364. The lowest BCUT2D eigenvalue weighted by molar-refractivity contribution is 0.112. The molecular weight excluding hydrogens is 324 g/mol. The zero-order chi connectivity index (χ0) is 12.1. The first-order chi connectivity index (χ1) is 7.60. The summed E-state index contributed by atoms with van der Waals surface area (Å²) in [5.41, 5.74) is 0.593. The van der Waals surface area contributed by atoms with Crippen LogP contribution in [0.2, 0.25) is 0 Å². The van der Waals surface area contributed by atoms with Gasteiger partial charge in [0.25, 0.3) is 0 Å². The zero-order valence-electron chi connectivity index (χ0n) is 9.09. The third-order valence-corrected chi connectivity index (χ3v) is 2.97. The monoisotopic (exact) mass is 337 g/mol. The fourth-order valence-corrected chi connectivity index (χ4v) is 1.99. The highest BCUT2D eigenvalue weighted by molar-refractivity contribution is 14.1. The standard InChI is InChI=1S/C11H13FINO2/c1-7(6-16-2)14-11-8(5-15)9(12)3-4-10(11)13/h3-5,7,14H,6H2,1-2H3/t7-/m0/s1. The van der Waals surface area contributed by atoms with E-state index in [1.807, 2.05) is 6.92 Å². The van der Waals surface area contributed by atoms with Crippen molar-refractivity contribution in [3.8, 4) is 0 Å². The van der Waals surface area contributed by atoms with Crippen LogP contribution in [0.3, 0.4) is 0 Å². The Kier molecular flexibility index (Phi) is 5.14. The Bertz CT molecular complexity index is 384. The molecule has 0 amide bonds. The van der Waals surface area contributed by atoms with Gasteiger partial charge in [-0.15, -0.1) is 0 Å². The van der Waals surface area contributed by atoms with Crippen LogP contribution in [0.4, 0.5) is 10.1 Å². The van der Waals surface area contributed by atoms with E-state index >= 15 is 0 Å². The quantitative estimate of drug-likeness (QED) is 0.663. The van der Waals surface area contributed by atoms with Gasteiger partial charge < -0.3 is 10.1 Å². The van der Waals surface area contributed by atoms with Crippen molar-refractivity contribution in [2.45, 2.75) is 13.0 Å². The molecule has 16 heavy (non-hydrogen) atoms. The average molecular weight is 337 g/mol. The SMILES string of the molecule is COC[C@H](C)Nc1c(I)ccc(F)c1C=O. The molecule has 0 aliphatic carbocycles. The van der Waals surface area contributed by atoms with Crippen molar-refractivity contribution in [3.05, 3.63) is 27.1 Å². The van der Waals surface area contributed by atoms with Gasteiger partial charge in [-0.3, -0.25) is 4.79 Å². The molecule has 1 aromatic carbocycles. The Morgan fingerprint density at radius 3 is 2.88 bits per heavy atom. The number of aldehydes is 1. The number of nitrogens with one attached hydrogen (secondary N) is 1. The molecule has 0 unspecified atom stereocenters. The Labute approximate surface area is 108 Å². The van der Waals surface area contributed by atoms with Crippen LogP contribution in [-0.4, -0.2) is 26.0 Å². The molecule has 0 bridgehead atoms. The highest BCUT2D eigenvalue weighted by atomic mass is 127. The van der Waals surface area contributed by atoms with Crippen LogP contribution in [0.5, 0.6) is 0 Å². The second-order valence-corrected chi connectivity index (χ2v) is 4.60. The number of carbonyl (C=O) groups is 1. The molecule has 0 aliphatic heterocycles. The van der Waals surface area contributed by atoms with Gasteiger partial charge in [-0.25, -0.2) is 4.39 Å². The van der Waals surface area contributed by atoms with Crippen molar-refractivity contribution >= 4 is 34.6 Å². The number of carbonyl (C=O) groups excluding carboxylic acids is 1. The molecule has 1 N–H and O–H groups in total. The molecule has 0 saturated heterocycles. The van der Waals surface area contributed by atoms with E-state index in [0.29, 0.717) is 18.6 Å². The number of benzene rings is 1. The maximum Gasteiger partial charge on any atom is 0.155 e. The van der Waals surface area contributed by atoms with Crippen LogP contribution in [0, 0.1) is 9.39 Å². The Morgan fingerprint density at radius 1 is 1.62 bits per heavy atom. The van der Waals surface area contributed by atoms with Gasteiger partial charge >= 0.3 is 0 Å². The number of halogens is 2. The van der Waals surface area contributed by atoms with Crippen molar-refractivity contribution in [1.29, 1.82) is 0 Å². The Balaban J connectivity index is 3.01. The largest absolute Gasteiger partial charge is 0.383 e. The summed E-state index contributed by atoms with van der Waals surface area (Å²) >= 11 is 2.06. The van der Waals surface area contributed by atoms with Crippen molar-refractivity contribution in [2.75, 3.05) is 19.0 Å². The number of anilines is 1. The summed E-state index contributed by atoms with van der Waals surface area (Å²) in [6.07, 6.45) is 0.527. The van der Waals surface area contributed by atoms with Crippen molar-refractivity contribution in [3.63, 3.8) is 0 Å². The lowest BCUT2D eigenvalue weighted by Crippen LogP contribution is -2.22. The molecule has 0 aliphatic rings. The molecular formula is C11H13FINO2. The van der Waals surface area contributed by atoms with E-state index < -0.39 is 5.82 Å². The van der Waals surface area contributed by atoms with Crippen LogP contribution in [0.15, 0.2) is 12.1 Å². The van der Waals surface area contributed by atoms with Gasteiger partial charge in [-0.05, 0) is 41.6 Å². The first-order valence-corrected chi connectivity index (χ1v) is 5.86. The van der Waals surface area contributed by atoms with Crippen LogP contribution in [0.25, 0.3) is 0 Å². The summed E-state index contributed by atoms with van der Waals surface area (Å²) in [6, 6.07) is 2.93. The minimum absolute atomic E-state index is 0.0130. The lowest BCUT2D eigenvalue weighted by atomic mass is 10.1. The molecule has 0 heterocycles. The maximum atomic E-state index is 13.4. The number of methoxy groups -OCH3 is 1. The maximum absolute atomic E-state index is 13.4. The molecule has 3 nitrogen and oxygen atoms in total. The molecule has 0 aromatic heterocycles. The summed E-state index contributed by atoms with van der Waals surface area (Å²) in [5.74, 6) is -0.512. The van der Waals surface area contributed by atoms with Crippen LogP contribution < -0.4 is 5.32 Å². The first kappa shape index (κ1) is 13.4. The summed E-state index contributed by atoms with van der Waals surface area (Å²) in [4.78, 5) is 10.8. The third kappa shape index (κ3) is 3.15. The predicted molar refractivity (Wildman–Crippen MR) is 69.5 cm³/mol. The summed E-state index contributed by atoms with van der Waals surface area (Å²) < 4.78 is 19.1. The average Bonchev–Trinajstić information content (AvgIpc) is 2.24. The Morgan fingerprint density at radius 2 is 2.31 bits per heavy atom. The minimum Gasteiger partial charge on any atom is -0.383 e. The fourth-order valence-electron chi connectivity index (χ4n) is 1.37. The smallest absolute Gasteiger partial charge is 0.155 e. The number of hydrogen-bond donors (Lipinski definition) is 1. The topological polar surface area (TPSA) is 38.3 Å². The zero-order valence-corrected chi connectivity index (χ0v) is 11.2. The molecule has 1 rings (SSSR count). The molecule has 88 valence electrons. The highest BCUT2D eigenvalue weighted by Crippen LogP contribution is 2.25. The van der Waals surface area contributed by atoms with Crippen molar-refractivity contribution < 1.29 is 13.9 Å². The van der Waals surface area contributed by atoms with Gasteiger partial charge in [-0.2, -0.15) is 0 Å². The second kappa shape index (κ2) is 6.15. The van der Waals surface area contributed by atoms with E-state index in [9.17, 15) is 9.18 Å². The van der Waals surface area contributed by atoms with Gasteiger partial charge in [0.1, 0.15) is 5.82 Å². The van der Waals surface area contributed by atoms with E-state index in [0.717, 1.165) is 3.57 Å². The van der Waals surface area contributed by atoms with E-state index in [-0.39, 0.29) is 11.6 Å². The minimum atomic E-state index is -0.512. The van der Waals surface area contributed by atoms with Crippen molar-refractivity contribution in [2.24, 2.45) is 0 Å². The number of rotatable bonds is 5. The van der Waals surface area contributed by atoms with Crippen LogP contribution in [0.1, 0.15) is 17.3 Å². The highest BCUT2D eigenvalue weighted by Gasteiger charge is 2.13. The molecule has 5 heteroatoms. The molecule has 0 radical (unpaired) electrons. The Hall–Kier alpha value is -0.690. The summed E-state index contributed by atoms with van der Waals surface area (Å²) in [7, 11) is 1.59. The van der Waals surface area contributed by atoms with Gasteiger partial charge in [0.15, 0.2) is 6.29 Å². The molecule has 0 spiro atoms. The second-order valence-electron chi connectivity index (χ2n) is 3.44. The number of hydrogen-bond acceptors (Lipinski definition) is 3. The van der Waals surface area contributed by atoms with Crippen LogP contribution in [-0.2, 0) is 4.74 Å². The van der Waals surface area contributed by atoms with E-state index in [1.165, 1.54) is 6.07 Å². The van der Waals surface area contributed by atoms with Gasteiger partial charge in [-0.1, -0.05) is 0 Å². The summed E-state index contributed by atoms with van der Waals surface area (Å²) in [5, 5.41) is 3.07.